The highest BCUT2D eigenvalue weighted by Crippen LogP contribution is 2.19. The summed E-state index contributed by atoms with van der Waals surface area (Å²) in [6, 6.07) is 3.00. The SMILES string of the molecule is O=C(O)c1ccsc1.O=C(O)c1csc(Cl)c1. The zero-order valence-corrected chi connectivity index (χ0v) is 10.7. The van der Waals surface area contributed by atoms with Crippen LogP contribution in [0.3, 0.4) is 0 Å². The first-order valence-electron chi connectivity index (χ1n) is 4.23. The Labute approximate surface area is 110 Å². The second-order valence-corrected chi connectivity index (χ2v) is 5.08. The first-order valence-corrected chi connectivity index (χ1v) is 6.43. The molecule has 2 aromatic heterocycles. The average molecular weight is 291 g/mol. The zero-order valence-electron chi connectivity index (χ0n) is 8.29. The quantitative estimate of drug-likeness (QED) is 0.887. The molecule has 0 spiro atoms. The van der Waals surface area contributed by atoms with Crippen LogP contribution in [0.25, 0.3) is 0 Å². The lowest BCUT2D eigenvalue weighted by Gasteiger charge is -1.79. The Balaban J connectivity index is 0.000000171. The molecule has 2 rings (SSSR count). The van der Waals surface area contributed by atoms with Gasteiger partial charge in [0.05, 0.1) is 15.5 Å². The summed E-state index contributed by atoms with van der Waals surface area (Å²) in [5.74, 6) is -1.79. The number of carboxylic acid groups (broad SMARTS) is 2. The van der Waals surface area contributed by atoms with E-state index in [-0.39, 0.29) is 5.56 Å². The molecule has 0 aromatic carbocycles. The molecule has 0 radical (unpaired) electrons. The van der Waals surface area contributed by atoms with Crippen molar-refractivity contribution in [2.24, 2.45) is 0 Å². The van der Waals surface area contributed by atoms with Crippen LogP contribution in [0.5, 0.6) is 0 Å². The highest BCUT2D eigenvalue weighted by molar-refractivity contribution is 7.14. The normalized spacial score (nSPS) is 9.24. The van der Waals surface area contributed by atoms with E-state index < -0.39 is 11.9 Å². The van der Waals surface area contributed by atoms with Crippen LogP contribution in [0.2, 0.25) is 4.34 Å². The van der Waals surface area contributed by atoms with Gasteiger partial charge in [-0.25, -0.2) is 9.59 Å². The largest absolute Gasteiger partial charge is 0.478 e. The van der Waals surface area contributed by atoms with Gasteiger partial charge in [0.2, 0.25) is 0 Å². The molecular formula is C10H7ClO4S2. The van der Waals surface area contributed by atoms with Crippen LogP contribution in [-0.2, 0) is 0 Å². The number of carbonyl (C=O) groups is 2. The third kappa shape index (κ3) is 4.56. The van der Waals surface area contributed by atoms with E-state index in [1.165, 1.54) is 34.1 Å². The summed E-state index contributed by atoms with van der Waals surface area (Å²) in [6.07, 6.45) is 0. The second-order valence-electron chi connectivity index (χ2n) is 2.76. The Morgan fingerprint density at radius 3 is 2.00 bits per heavy atom. The summed E-state index contributed by atoms with van der Waals surface area (Å²) in [7, 11) is 0. The smallest absolute Gasteiger partial charge is 0.336 e. The van der Waals surface area contributed by atoms with Gasteiger partial charge in [-0.15, -0.1) is 11.3 Å². The molecule has 7 heteroatoms. The minimum absolute atomic E-state index is 0.255. The number of halogens is 1. The van der Waals surface area contributed by atoms with Crippen molar-refractivity contribution >= 4 is 46.2 Å². The van der Waals surface area contributed by atoms with Gasteiger partial charge in [0, 0.05) is 10.8 Å². The molecular weight excluding hydrogens is 284 g/mol. The van der Waals surface area contributed by atoms with Crippen LogP contribution in [0.4, 0.5) is 0 Å². The van der Waals surface area contributed by atoms with Crippen LogP contribution in [0.15, 0.2) is 28.3 Å². The summed E-state index contributed by atoms with van der Waals surface area (Å²) < 4.78 is 0.507. The van der Waals surface area contributed by atoms with Crippen molar-refractivity contribution in [1.82, 2.24) is 0 Å². The molecule has 0 saturated carbocycles. The molecule has 0 bridgehead atoms. The Morgan fingerprint density at radius 2 is 1.76 bits per heavy atom. The molecule has 17 heavy (non-hydrogen) atoms. The fraction of sp³-hybridized carbons (Fsp3) is 0. The summed E-state index contributed by atoms with van der Waals surface area (Å²) in [6.45, 7) is 0. The van der Waals surface area contributed by atoms with Gasteiger partial charge in [0.15, 0.2) is 0 Å². The number of aromatic carboxylic acids is 2. The van der Waals surface area contributed by atoms with E-state index in [2.05, 4.69) is 0 Å². The number of rotatable bonds is 2. The molecule has 90 valence electrons. The Bertz CT molecular complexity index is 504. The van der Waals surface area contributed by atoms with Gasteiger partial charge in [0.25, 0.3) is 0 Å². The highest BCUT2D eigenvalue weighted by atomic mass is 35.5. The second kappa shape index (κ2) is 6.39. The first kappa shape index (κ1) is 13.7. The van der Waals surface area contributed by atoms with Crippen molar-refractivity contribution in [3.63, 3.8) is 0 Å². The summed E-state index contributed by atoms with van der Waals surface area (Å²) in [4.78, 5) is 20.2. The van der Waals surface area contributed by atoms with Gasteiger partial charge < -0.3 is 10.2 Å². The molecule has 2 N–H and O–H groups in total. The Hall–Kier alpha value is -1.37. The molecule has 0 aliphatic carbocycles. The number of hydrogen-bond donors (Lipinski definition) is 2. The molecule has 2 aromatic rings. The van der Waals surface area contributed by atoms with Crippen molar-refractivity contribution in [2.45, 2.75) is 0 Å². The molecule has 4 nitrogen and oxygen atoms in total. The van der Waals surface area contributed by atoms with E-state index in [9.17, 15) is 9.59 Å². The van der Waals surface area contributed by atoms with Gasteiger partial charge in [0.1, 0.15) is 0 Å². The van der Waals surface area contributed by atoms with Crippen molar-refractivity contribution in [2.75, 3.05) is 0 Å². The molecule has 0 unspecified atom stereocenters. The Kier molecular flexibility index (Phi) is 5.14. The minimum Gasteiger partial charge on any atom is -0.478 e. The van der Waals surface area contributed by atoms with Gasteiger partial charge in [-0.3, -0.25) is 0 Å². The molecule has 2 heterocycles. The van der Waals surface area contributed by atoms with Crippen LogP contribution >= 0.6 is 34.3 Å². The maximum Gasteiger partial charge on any atom is 0.336 e. The van der Waals surface area contributed by atoms with E-state index >= 15 is 0 Å². The van der Waals surface area contributed by atoms with Crippen LogP contribution < -0.4 is 0 Å². The monoisotopic (exact) mass is 290 g/mol. The molecule has 0 atom stereocenters. The predicted octanol–water partition coefficient (Wildman–Crippen LogP) is 3.55. The zero-order chi connectivity index (χ0) is 12.8. The number of carboxylic acids is 2. The summed E-state index contributed by atoms with van der Waals surface area (Å²) >= 11 is 8.06. The lowest BCUT2D eigenvalue weighted by Crippen LogP contribution is -1.91. The Morgan fingerprint density at radius 1 is 1.12 bits per heavy atom. The van der Waals surface area contributed by atoms with Crippen molar-refractivity contribution in [3.8, 4) is 0 Å². The average Bonchev–Trinajstić information content (AvgIpc) is 2.87. The summed E-state index contributed by atoms with van der Waals surface area (Å²) in [5.41, 5.74) is 0.625. The van der Waals surface area contributed by atoms with E-state index in [4.69, 9.17) is 21.8 Å². The van der Waals surface area contributed by atoms with E-state index in [1.54, 1.807) is 16.8 Å². The van der Waals surface area contributed by atoms with E-state index in [1.807, 2.05) is 0 Å². The van der Waals surface area contributed by atoms with Gasteiger partial charge in [-0.1, -0.05) is 11.6 Å². The first-order chi connectivity index (χ1) is 8.00. The fourth-order valence-corrected chi connectivity index (χ4v) is 2.29. The lowest BCUT2D eigenvalue weighted by molar-refractivity contribution is 0.0686. The van der Waals surface area contributed by atoms with Gasteiger partial charge in [-0.05, 0) is 17.5 Å². The third-order valence-electron chi connectivity index (χ3n) is 1.58. The molecule has 0 aliphatic heterocycles. The molecule has 0 fully saturated rings. The van der Waals surface area contributed by atoms with Crippen LogP contribution in [0, 0.1) is 0 Å². The van der Waals surface area contributed by atoms with E-state index in [0.717, 1.165) is 0 Å². The maximum absolute atomic E-state index is 10.2. The molecule has 0 aliphatic rings. The number of hydrogen-bond acceptors (Lipinski definition) is 4. The maximum atomic E-state index is 10.2. The van der Waals surface area contributed by atoms with Crippen molar-refractivity contribution in [3.05, 3.63) is 43.7 Å². The predicted molar refractivity (Wildman–Crippen MR) is 67.6 cm³/mol. The topological polar surface area (TPSA) is 74.6 Å². The number of thiophene rings is 2. The highest BCUT2D eigenvalue weighted by Gasteiger charge is 2.03. The van der Waals surface area contributed by atoms with E-state index in [0.29, 0.717) is 9.90 Å². The molecule has 0 amide bonds. The fourth-order valence-electron chi connectivity index (χ4n) is 0.808. The summed E-state index contributed by atoms with van der Waals surface area (Å²) in [5, 5.41) is 21.5. The van der Waals surface area contributed by atoms with Crippen molar-refractivity contribution < 1.29 is 19.8 Å². The standard InChI is InChI=1S/C5H3ClO2S.C5H4O2S/c6-4-1-3(2-9-4)5(7)8;6-5(7)4-1-2-8-3-4/h1-2H,(H,7,8);1-3H,(H,6,7). The third-order valence-corrected chi connectivity index (χ3v) is 3.36. The van der Waals surface area contributed by atoms with Gasteiger partial charge in [-0.2, -0.15) is 11.3 Å². The van der Waals surface area contributed by atoms with Crippen molar-refractivity contribution in [1.29, 1.82) is 0 Å². The minimum atomic E-state index is -0.932. The molecule has 0 saturated heterocycles. The van der Waals surface area contributed by atoms with Gasteiger partial charge >= 0.3 is 11.9 Å². The van der Waals surface area contributed by atoms with Crippen LogP contribution in [-0.4, -0.2) is 22.2 Å². The van der Waals surface area contributed by atoms with Crippen LogP contribution in [0.1, 0.15) is 20.7 Å². The lowest BCUT2D eigenvalue weighted by atomic mass is 10.4.